The molecule has 1 fully saturated rings. The van der Waals surface area contributed by atoms with Gasteiger partial charge in [-0.25, -0.2) is 18.7 Å². The fourth-order valence-corrected chi connectivity index (χ4v) is 7.12. The number of nitrogens with zero attached hydrogens (tertiary/aromatic N) is 3. The first-order valence-corrected chi connectivity index (χ1v) is 14.3. The van der Waals surface area contributed by atoms with Gasteiger partial charge >= 0.3 is 23.5 Å². The summed E-state index contributed by atoms with van der Waals surface area (Å²) in [6.07, 6.45) is 2.34. The minimum Gasteiger partial charge on any atom is -0.396 e. The number of aliphatic hydroxyl groups is 1. The monoisotopic (exact) mass is 593 g/mol. The summed E-state index contributed by atoms with van der Waals surface area (Å²) in [6.45, 7) is 0.358. The van der Waals surface area contributed by atoms with Crippen molar-refractivity contribution in [2.45, 2.75) is 30.2 Å². The van der Waals surface area contributed by atoms with Crippen molar-refractivity contribution in [3.8, 4) is 12.3 Å². The number of aromatic amines is 1. The molecule has 1 aliphatic rings. The van der Waals surface area contributed by atoms with Gasteiger partial charge in [0.2, 0.25) is 5.95 Å². The molecule has 200 valence electrons. The van der Waals surface area contributed by atoms with E-state index in [4.69, 9.17) is 42.8 Å². The summed E-state index contributed by atoms with van der Waals surface area (Å²) >= 11 is 6.62. The number of terminal acetylenes is 1. The number of rotatable bonds is 9. The molecule has 3 heterocycles. The fourth-order valence-electron chi connectivity index (χ4n) is 3.57. The van der Waals surface area contributed by atoms with E-state index in [9.17, 15) is 33.4 Å². The van der Waals surface area contributed by atoms with E-state index in [0.717, 1.165) is 17.8 Å². The summed E-state index contributed by atoms with van der Waals surface area (Å²) in [6, 6.07) is 0. The molecular weight excluding hydrogens is 575 g/mol. The molecular formula is C14H19ClN5O13P3. The number of alkyl halides is 1. The number of anilines is 1. The van der Waals surface area contributed by atoms with E-state index in [1.165, 1.54) is 0 Å². The molecule has 0 bridgehead atoms. The highest BCUT2D eigenvalue weighted by atomic mass is 35.5. The number of hydrogen-bond acceptors (Lipinski definition) is 12. The highest BCUT2D eigenvalue weighted by Crippen LogP contribution is 2.67. The van der Waals surface area contributed by atoms with Crippen molar-refractivity contribution in [3.63, 3.8) is 0 Å². The lowest BCUT2D eigenvalue weighted by Crippen LogP contribution is -2.41. The number of nitrogens with one attached hydrogen (secondary N) is 1. The predicted molar refractivity (Wildman–Crippen MR) is 119 cm³/mol. The van der Waals surface area contributed by atoms with Gasteiger partial charge in [0.1, 0.15) is 0 Å². The molecule has 0 spiro atoms. The maximum atomic E-state index is 12.2. The highest BCUT2D eigenvalue weighted by Gasteiger charge is 2.58. The maximum Gasteiger partial charge on any atom is 0.490 e. The molecule has 3 rings (SSSR count). The van der Waals surface area contributed by atoms with Crippen LogP contribution < -0.4 is 11.3 Å². The Morgan fingerprint density at radius 3 is 2.53 bits per heavy atom. The van der Waals surface area contributed by atoms with Gasteiger partial charge in [-0.05, 0) is 6.92 Å². The van der Waals surface area contributed by atoms with Gasteiger partial charge in [-0.2, -0.15) is 13.6 Å². The smallest absolute Gasteiger partial charge is 0.396 e. The van der Waals surface area contributed by atoms with Crippen molar-refractivity contribution < 1.29 is 56.3 Å². The number of nitrogens with two attached hydrogens (primary N) is 1. The van der Waals surface area contributed by atoms with Crippen LogP contribution in [0.2, 0.25) is 0 Å². The molecule has 18 nitrogen and oxygen atoms in total. The normalized spacial score (nSPS) is 28.9. The molecule has 22 heteroatoms. The lowest BCUT2D eigenvalue weighted by Gasteiger charge is -2.28. The summed E-state index contributed by atoms with van der Waals surface area (Å²) in [5.74, 6) is 0.761. The summed E-state index contributed by atoms with van der Waals surface area (Å²) in [4.78, 5) is 56.8. The van der Waals surface area contributed by atoms with E-state index in [-0.39, 0.29) is 17.1 Å². The number of halogens is 1. The van der Waals surface area contributed by atoms with Crippen LogP contribution in [0, 0.1) is 18.3 Å². The lowest BCUT2D eigenvalue weighted by atomic mass is 9.87. The van der Waals surface area contributed by atoms with Gasteiger partial charge in [0.15, 0.2) is 22.3 Å². The standard InChI is InChI=1S/C14H19ClN5O13P3/c1-3-14(15)7(4-21)9(6(2)31-35(26,27)33-36(28,29)32-34(23,24)25)30-12(14)20-5-17-8-10(20)18-13(16)19-11(8)22/h1,5-7,9,12,21H,4H2,2H3,(H,26,27)(H,28,29)(H2,23,24,25)(H3,16,18,19,22)/t6-,7?,9-,12-,14?/m1/s1. The molecule has 0 radical (unpaired) electrons. The van der Waals surface area contributed by atoms with E-state index in [1.54, 1.807) is 0 Å². The number of hydrogen-bond donors (Lipinski definition) is 7. The van der Waals surface area contributed by atoms with Crippen molar-refractivity contribution in [3.05, 3.63) is 16.7 Å². The summed E-state index contributed by atoms with van der Waals surface area (Å²) in [5.41, 5.74) is 4.64. The van der Waals surface area contributed by atoms with Crippen molar-refractivity contribution in [1.82, 2.24) is 19.5 Å². The minimum absolute atomic E-state index is 0.0978. The average molecular weight is 594 g/mol. The van der Waals surface area contributed by atoms with Crippen LogP contribution in [0.3, 0.4) is 0 Å². The minimum atomic E-state index is -5.78. The largest absolute Gasteiger partial charge is 0.490 e. The second-order valence-electron chi connectivity index (χ2n) is 7.33. The molecule has 0 amide bonds. The summed E-state index contributed by atoms with van der Waals surface area (Å²) in [5, 5.41) is 10.00. The van der Waals surface area contributed by atoms with Crippen LogP contribution in [0.5, 0.6) is 0 Å². The van der Waals surface area contributed by atoms with E-state index in [1.807, 2.05) is 0 Å². The van der Waals surface area contributed by atoms with Crippen LogP contribution in [0.1, 0.15) is 13.2 Å². The van der Waals surface area contributed by atoms with Gasteiger partial charge < -0.3 is 35.2 Å². The number of phosphoric ester groups is 1. The topological polar surface area (TPSA) is 279 Å². The quantitative estimate of drug-likeness (QED) is 0.110. The lowest BCUT2D eigenvalue weighted by molar-refractivity contribution is -0.0641. The Labute approximate surface area is 205 Å². The second-order valence-corrected chi connectivity index (χ2v) is 12.3. The molecule has 2 aromatic heterocycles. The second kappa shape index (κ2) is 9.90. The average Bonchev–Trinajstić information content (AvgIpc) is 3.23. The Bertz CT molecular complexity index is 1400. The Morgan fingerprint density at radius 1 is 1.33 bits per heavy atom. The van der Waals surface area contributed by atoms with Gasteiger partial charge in [0.25, 0.3) is 5.56 Å². The number of aromatic nitrogens is 4. The maximum absolute atomic E-state index is 12.2. The van der Waals surface area contributed by atoms with Crippen molar-refractivity contribution in [2.75, 3.05) is 12.3 Å². The number of phosphoric acid groups is 3. The first-order chi connectivity index (χ1) is 16.4. The third-order valence-corrected chi connectivity index (χ3v) is 9.38. The molecule has 0 aliphatic carbocycles. The molecule has 8 N–H and O–H groups in total. The van der Waals surface area contributed by atoms with Gasteiger partial charge in [-0.3, -0.25) is 18.9 Å². The SMILES string of the molecule is C#CC1(Cl)C(CO)[C@@H]([C@@H](C)OP(=O)(O)OP(=O)(O)OP(=O)(O)O)O[C@H]1n1cnc2c(=O)[nH]c(N)nc21. The third-order valence-electron chi connectivity index (χ3n) is 4.88. The molecule has 0 aromatic carbocycles. The number of H-pyrrole nitrogens is 1. The van der Waals surface area contributed by atoms with Crippen molar-refractivity contribution >= 4 is 52.2 Å². The van der Waals surface area contributed by atoms with E-state index >= 15 is 0 Å². The number of imidazole rings is 1. The van der Waals surface area contributed by atoms with Crippen LogP contribution in [0.15, 0.2) is 11.1 Å². The number of fused-ring (bicyclic) bond motifs is 1. The van der Waals surface area contributed by atoms with Crippen LogP contribution in [0.25, 0.3) is 11.2 Å². The number of aliphatic hydroxyl groups excluding tert-OH is 1. The summed E-state index contributed by atoms with van der Waals surface area (Å²) in [7, 11) is -16.9. The molecule has 1 saturated heterocycles. The van der Waals surface area contributed by atoms with Gasteiger partial charge in [0.05, 0.1) is 25.1 Å². The third kappa shape index (κ3) is 5.90. The number of ether oxygens (including phenoxy) is 1. The zero-order chi connectivity index (χ0) is 27.3. The predicted octanol–water partition coefficient (Wildman–Crippen LogP) is -0.450. The van der Waals surface area contributed by atoms with E-state index < -0.39 is 64.9 Å². The zero-order valence-electron chi connectivity index (χ0n) is 17.8. The molecule has 0 saturated carbocycles. The van der Waals surface area contributed by atoms with Crippen LogP contribution >= 0.6 is 35.1 Å². The Balaban J connectivity index is 1.93. The summed E-state index contributed by atoms with van der Waals surface area (Å²) < 4.78 is 53.7. The Kier molecular flexibility index (Phi) is 7.94. The molecule has 36 heavy (non-hydrogen) atoms. The van der Waals surface area contributed by atoms with Crippen molar-refractivity contribution in [1.29, 1.82) is 0 Å². The molecule has 7 atom stereocenters. The first-order valence-electron chi connectivity index (χ1n) is 9.40. The van der Waals surface area contributed by atoms with Crippen molar-refractivity contribution in [2.24, 2.45) is 5.92 Å². The van der Waals surface area contributed by atoms with E-state index in [2.05, 4.69) is 29.5 Å². The van der Waals surface area contributed by atoms with Gasteiger partial charge in [-0.15, -0.1) is 6.42 Å². The Hall–Kier alpha value is -1.67. The van der Waals surface area contributed by atoms with Gasteiger partial charge in [0, 0.05) is 5.92 Å². The van der Waals surface area contributed by atoms with Gasteiger partial charge in [-0.1, -0.05) is 17.5 Å². The molecule has 2 aromatic rings. The number of nitrogen functional groups attached to an aromatic ring is 1. The van der Waals surface area contributed by atoms with Crippen LogP contribution in [-0.4, -0.2) is 67.9 Å². The molecule has 1 aliphatic heterocycles. The van der Waals surface area contributed by atoms with Crippen LogP contribution in [0.4, 0.5) is 5.95 Å². The highest BCUT2D eigenvalue weighted by molar-refractivity contribution is 7.66. The fraction of sp³-hybridized carbons (Fsp3) is 0.500. The van der Waals surface area contributed by atoms with Crippen LogP contribution in [-0.2, 0) is 31.6 Å². The zero-order valence-corrected chi connectivity index (χ0v) is 21.3. The Morgan fingerprint density at radius 2 is 1.97 bits per heavy atom. The molecule has 4 unspecified atom stereocenters. The first kappa shape index (κ1) is 28.9. The van der Waals surface area contributed by atoms with E-state index in [0.29, 0.717) is 0 Å².